The molecule has 0 amide bonds. The fourth-order valence-corrected chi connectivity index (χ4v) is 1.24. The van der Waals surface area contributed by atoms with E-state index in [4.69, 9.17) is 0 Å². The van der Waals surface area contributed by atoms with E-state index < -0.39 is 10.1 Å². The molecule has 0 saturated heterocycles. The molecular formula is C6H13O3S-. The van der Waals surface area contributed by atoms with Crippen LogP contribution in [-0.2, 0) is 10.1 Å². The second-order valence-corrected chi connectivity index (χ2v) is 4.09. The van der Waals surface area contributed by atoms with E-state index in [1.165, 1.54) is 0 Å². The monoisotopic (exact) mass is 165 g/mol. The number of hydrogen-bond donors (Lipinski definition) is 0. The van der Waals surface area contributed by atoms with Crippen molar-refractivity contribution in [2.24, 2.45) is 5.92 Å². The first-order chi connectivity index (χ1) is 4.45. The van der Waals surface area contributed by atoms with Gasteiger partial charge in [-0.15, -0.1) is 0 Å². The predicted molar refractivity (Wildman–Crippen MR) is 38.6 cm³/mol. The quantitative estimate of drug-likeness (QED) is 0.583. The number of rotatable bonds is 4. The van der Waals surface area contributed by atoms with Gasteiger partial charge < -0.3 is 4.55 Å². The smallest absolute Gasteiger partial charge is 0.0946 e. The van der Waals surface area contributed by atoms with E-state index in [-0.39, 0.29) is 5.75 Å². The maximum Gasteiger partial charge on any atom is 0.0946 e. The Hall–Kier alpha value is -0.0900. The summed E-state index contributed by atoms with van der Waals surface area (Å²) in [5.41, 5.74) is 0. The molecule has 0 aliphatic rings. The van der Waals surface area contributed by atoms with Crippen molar-refractivity contribution in [3.8, 4) is 0 Å². The molecule has 0 aliphatic carbocycles. The fraction of sp³-hybridized carbons (Fsp3) is 1.00. The summed E-state index contributed by atoms with van der Waals surface area (Å²) in [6.45, 7) is 3.91. The first-order valence-corrected chi connectivity index (χ1v) is 4.97. The lowest BCUT2D eigenvalue weighted by Gasteiger charge is -2.09. The Bertz CT molecular complexity index is 171. The van der Waals surface area contributed by atoms with Gasteiger partial charge in [-0.05, 0) is 12.3 Å². The van der Waals surface area contributed by atoms with Crippen LogP contribution in [0.25, 0.3) is 0 Å². The number of hydrogen-bond acceptors (Lipinski definition) is 3. The zero-order chi connectivity index (χ0) is 8.20. The first kappa shape index (κ1) is 9.91. The average molecular weight is 165 g/mol. The maximum atomic E-state index is 10.1. The Morgan fingerprint density at radius 1 is 1.50 bits per heavy atom. The lowest BCUT2D eigenvalue weighted by molar-refractivity contribution is 0.450. The van der Waals surface area contributed by atoms with E-state index in [9.17, 15) is 13.0 Å². The molecular weight excluding hydrogens is 152 g/mol. The topological polar surface area (TPSA) is 57.2 Å². The van der Waals surface area contributed by atoms with Gasteiger partial charge in [-0.3, -0.25) is 0 Å². The molecule has 0 N–H and O–H groups in total. The molecule has 1 atom stereocenters. The zero-order valence-corrected chi connectivity index (χ0v) is 7.15. The van der Waals surface area contributed by atoms with Crippen LogP contribution in [0.15, 0.2) is 0 Å². The highest BCUT2D eigenvalue weighted by atomic mass is 32.2. The van der Waals surface area contributed by atoms with Crippen molar-refractivity contribution in [1.29, 1.82) is 0 Å². The van der Waals surface area contributed by atoms with E-state index in [0.29, 0.717) is 12.3 Å². The molecule has 0 aromatic carbocycles. The van der Waals surface area contributed by atoms with Gasteiger partial charge in [-0.1, -0.05) is 20.3 Å². The van der Waals surface area contributed by atoms with E-state index in [1.807, 2.05) is 13.8 Å². The Morgan fingerprint density at radius 2 is 2.00 bits per heavy atom. The van der Waals surface area contributed by atoms with Gasteiger partial charge >= 0.3 is 0 Å². The molecule has 1 unspecified atom stereocenters. The summed E-state index contributed by atoms with van der Waals surface area (Å²) in [4.78, 5) is 0. The average Bonchev–Trinajstić information content (AvgIpc) is 1.81. The summed E-state index contributed by atoms with van der Waals surface area (Å²) < 4.78 is 30.3. The standard InChI is InChI=1S/C6H14O3S/c1-3-6(2)4-5-10(7,8)9/h6H,3-5H2,1-2H3,(H,7,8,9)/p-1. The summed E-state index contributed by atoms with van der Waals surface area (Å²) in [7, 11) is -3.98. The predicted octanol–water partition coefficient (Wildman–Crippen LogP) is 0.968. The van der Waals surface area contributed by atoms with Crippen LogP contribution < -0.4 is 0 Å². The van der Waals surface area contributed by atoms with Gasteiger partial charge in [0.25, 0.3) is 0 Å². The molecule has 0 heterocycles. The Kier molecular flexibility index (Phi) is 3.89. The van der Waals surface area contributed by atoms with Crippen molar-refractivity contribution in [2.45, 2.75) is 26.7 Å². The van der Waals surface area contributed by atoms with E-state index >= 15 is 0 Å². The van der Waals surface area contributed by atoms with Crippen molar-refractivity contribution >= 4 is 10.1 Å². The van der Waals surface area contributed by atoms with Gasteiger partial charge in [0.1, 0.15) is 0 Å². The SMILES string of the molecule is CCC(C)CCS(=O)(=O)[O-]. The minimum atomic E-state index is -3.98. The van der Waals surface area contributed by atoms with Crippen molar-refractivity contribution < 1.29 is 13.0 Å². The molecule has 0 aliphatic heterocycles. The van der Waals surface area contributed by atoms with Crippen molar-refractivity contribution in [3.63, 3.8) is 0 Å². The van der Waals surface area contributed by atoms with Gasteiger partial charge in [0.2, 0.25) is 0 Å². The van der Waals surface area contributed by atoms with Crippen LogP contribution in [0.5, 0.6) is 0 Å². The van der Waals surface area contributed by atoms with Gasteiger partial charge in [0, 0.05) is 5.75 Å². The van der Waals surface area contributed by atoms with E-state index in [2.05, 4.69) is 0 Å². The van der Waals surface area contributed by atoms with Crippen molar-refractivity contribution in [2.75, 3.05) is 5.75 Å². The van der Waals surface area contributed by atoms with Gasteiger partial charge in [-0.25, -0.2) is 8.42 Å². The van der Waals surface area contributed by atoms with Gasteiger partial charge in [-0.2, -0.15) is 0 Å². The van der Waals surface area contributed by atoms with Crippen LogP contribution >= 0.6 is 0 Å². The second kappa shape index (κ2) is 3.93. The van der Waals surface area contributed by atoms with E-state index in [1.54, 1.807) is 0 Å². The third kappa shape index (κ3) is 6.04. The Labute approximate surface area is 62.2 Å². The summed E-state index contributed by atoms with van der Waals surface area (Å²) in [5.74, 6) is 0.117. The summed E-state index contributed by atoms with van der Waals surface area (Å²) in [6.07, 6.45) is 1.41. The third-order valence-corrected chi connectivity index (χ3v) is 2.29. The highest BCUT2D eigenvalue weighted by Gasteiger charge is 2.01. The summed E-state index contributed by atoms with van der Waals surface area (Å²) in [5, 5.41) is 0. The molecule has 3 nitrogen and oxygen atoms in total. The minimum Gasteiger partial charge on any atom is -0.748 e. The summed E-state index contributed by atoms with van der Waals surface area (Å²) in [6, 6.07) is 0. The van der Waals surface area contributed by atoms with Gasteiger partial charge in [0.05, 0.1) is 10.1 Å². The van der Waals surface area contributed by atoms with Crippen LogP contribution in [0.1, 0.15) is 26.7 Å². The van der Waals surface area contributed by atoms with Crippen LogP contribution in [0.2, 0.25) is 0 Å². The first-order valence-electron chi connectivity index (χ1n) is 3.39. The Balaban J connectivity index is 3.56. The largest absolute Gasteiger partial charge is 0.748 e. The second-order valence-electron chi connectivity index (χ2n) is 2.56. The zero-order valence-electron chi connectivity index (χ0n) is 6.33. The van der Waals surface area contributed by atoms with E-state index in [0.717, 1.165) is 6.42 Å². The van der Waals surface area contributed by atoms with Crippen molar-refractivity contribution in [3.05, 3.63) is 0 Å². The fourth-order valence-electron chi connectivity index (χ4n) is 0.550. The maximum absolute atomic E-state index is 10.1. The molecule has 4 heteroatoms. The highest BCUT2D eigenvalue weighted by molar-refractivity contribution is 7.85. The van der Waals surface area contributed by atoms with Gasteiger partial charge in [0.15, 0.2) is 0 Å². The van der Waals surface area contributed by atoms with Crippen LogP contribution in [0, 0.1) is 5.92 Å². The molecule has 0 radical (unpaired) electrons. The van der Waals surface area contributed by atoms with Crippen LogP contribution in [-0.4, -0.2) is 18.7 Å². The molecule has 0 spiro atoms. The molecule has 0 bridgehead atoms. The third-order valence-electron chi connectivity index (χ3n) is 1.56. The Morgan fingerprint density at radius 3 is 2.30 bits per heavy atom. The van der Waals surface area contributed by atoms with Crippen molar-refractivity contribution in [1.82, 2.24) is 0 Å². The lowest BCUT2D eigenvalue weighted by Crippen LogP contribution is -2.07. The minimum absolute atomic E-state index is 0.220. The lowest BCUT2D eigenvalue weighted by atomic mass is 10.1. The summed E-state index contributed by atoms with van der Waals surface area (Å²) >= 11 is 0. The molecule has 0 aromatic rings. The molecule has 62 valence electrons. The molecule has 0 rings (SSSR count). The molecule has 0 saturated carbocycles. The molecule has 0 fully saturated rings. The molecule has 0 aromatic heterocycles. The highest BCUT2D eigenvalue weighted by Crippen LogP contribution is 2.06. The normalized spacial score (nSPS) is 15.1. The molecule has 10 heavy (non-hydrogen) atoms. The van der Waals surface area contributed by atoms with Crippen LogP contribution in [0.4, 0.5) is 0 Å². The van der Waals surface area contributed by atoms with Crippen LogP contribution in [0.3, 0.4) is 0 Å².